The molecule has 2 aromatic rings. The Morgan fingerprint density at radius 2 is 1.82 bits per heavy atom. The molecule has 0 unspecified atom stereocenters. The molecule has 0 spiro atoms. The number of nitrogens with one attached hydrogen (secondary N) is 1. The minimum Gasteiger partial charge on any atom is -0.341 e. The second-order valence-corrected chi connectivity index (χ2v) is 9.19. The molecule has 2 heterocycles. The lowest BCUT2D eigenvalue weighted by Crippen LogP contribution is -2.43. The maximum atomic E-state index is 13.2. The summed E-state index contributed by atoms with van der Waals surface area (Å²) in [6, 6.07) is 3.06. The molecule has 1 N–H and O–H groups in total. The lowest BCUT2D eigenvalue weighted by molar-refractivity contribution is -0.133. The zero-order valence-electron chi connectivity index (χ0n) is 21.9. The second-order valence-electron chi connectivity index (χ2n) is 9.19. The van der Waals surface area contributed by atoms with E-state index in [1.807, 2.05) is 0 Å². The minimum atomic E-state index is -1.24. The van der Waals surface area contributed by atoms with Crippen molar-refractivity contribution in [3.05, 3.63) is 52.5 Å². The molecule has 1 amide bonds. The van der Waals surface area contributed by atoms with E-state index in [1.165, 1.54) is 40.0 Å². The summed E-state index contributed by atoms with van der Waals surface area (Å²) in [5.41, 5.74) is -0.204. The minimum absolute atomic E-state index is 0.0792. The number of imidazole rings is 1. The summed E-state index contributed by atoms with van der Waals surface area (Å²) in [6.07, 6.45) is 6.24. The van der Waals surface area contributed by atoms with E-state index in [0.717, 1.165) is 19.3 Å². The van der Waals surface area contributed by atoms with Crippen LogP contribution in [0.3, 0.4) is 0 Å². The highest BCUT2D eigenvalue weighted by atomic mass is 16.2. The van der Waals surface area contributed by atoms with Crippen molar-refractivity contribution in [3.63, 3.8) is 0 Å². The largest absolute Gasteiger partial charge is 0.341 e. The fourth-order valence-electron chi connectivity index (χ4n) is 4.06. The van der Waals surface area contributed by atoms with Crippen LogP contribution in [0.1, 0.15) is 68.4 Å². The summed E-state index contributed by atoms with van der Waals surface area (Å²) >= 11 is 0. The number of pyridine rings is 1. The molecule has 0 aliphatic rings. The molecule has 0 bridgehead atoms. The number of ketones is 4. The van der Waals surface area contributed by atoms with Gasteiger partial charge in [-0.3, -0.25) is 28.8 Å². The van der Waals surface area contributed by atoms with Crippen LogP contribution in [0.25, 0.3) is 0 Å². The molecule has 11 nitrogen and oxygen atoms in total. The van der Waals surface area contributed by atoms with Crippen molar-refractivity contribution in [1.29, 1.82) is 5.26 Å². The molecule has 0 saturated heterocycles. The molecule has 202 valence electrons. The van der Waals surface area contributed by atoms with Crippen molar-refractivity contribution in [2.75, 3.05) is 0 Å². The zero-order valence-corrected chi connectivity index (χ0v) is 21.9. The van der Waals surface area contributed by atoms with E-state index in [-0.39, 0.29) is 36.4 Å². The van der Waals surface area contributed by atoms with Crippen LogP contribution >= 0.6 is 0 Å². The highest BCUT2D eigenvalue weighted by Crippen LogP contribution is 2.15. The Hall–Kier alpha value is -4.20. The van der Waals surface area contributed by atoms with Crippen LogP contribution in [0.15, 0.2) is 35.6 Å². The number of nitrogens with zero attached hydrogens (tertiary/aromatic N) is 4. The van der Waals surface area contributed by atoms with Gasteiger partial charge in [0, 0.05) is 38.1 Å². The van der Waals surface area contributed by atoms with Gasteiger partial charge in [-0.15, -0.1) is 0 Å². The van der Waals surface area contributed by atoms with Crippen LogP contribution in [0, 0.1) is 17.2 Å². The quantitative estimate of drug-likeness (QED) is 0.257. The van der Waals surface area contributed by atoms with Gasteiger partial charge in [0.25, 0.3) is 17.2 Å². The molecular formula is C27H33N5O6. The molecule has 0 aliphatic heterocycles. The Balaban J connectivity index is 2.17. The Morgan fingerprint density at radius 3 is 2.42 bits per heavy atom. The molecule has 0 aromatic carbocycles. The monoisotopic (exact) mass is 523 g/mol. The van der Waals surface area contributed by atoms with E-state index in [2.05, 4.69) is 24.1 Å². The van der Waals surface area contributed by atoms with Crippen molar-refractivity contribution < 1.29 is 24.0 Å². The van der Waals surface area contributed by atoms with E-state index in [1.54, 1.807) is 13.1 Å². The number of aromatic nitrogens is 3. The smallest absolute Gasteiger partial charge is 0.297 e. The van der Waals surface area contributed by atoms with Crippen molar-refractivity contribution in [1.82, 2.24) is 19.4 Å². The summed E-state index contributed by atoms with van der Waals surface area (Å²) < 4.78 is 2.70. The van der Waals surface area contributed by atoms with Gasteiger partial charge >= 0.3 is 0 Å². The number of carbonyl (C=O) groups is 5. The molecule has 2 aromatic heterocycles. The summed E-state index contributed by atoms with van der Waals surface area (Å²) in [6.45, 7) is 4.05. The number of carbonyl (C=O) groups excluding carboxylic acids is 5. The number of nitriles is 1. The predicted octanol–water partition coefficient (Wildman–Crippen LogP) is 1.72. The van der Waals surface area contributed by atoms with Crippen LogP contribution in [0.2, 0.25) is 0 Å². The third-order valence-electron chi connectivity index (χ3n) is 6.55. The summed E-state index contributed by atoms with van der Waals surface area (Å²) in [7, 11) is 1.59. The standard InChI is InChI=1S/C27H33N5O6/c1-4-18(5-2)8-9-20(33)16-32-12-6-7-19(27(32)38)13-24(35)21(10-11-23(34)25(36)14-28)30-26(37)22-15-29-17-31(22)3/h6-7,12,15,17-18,21H,4-5,8-11,13,16H2,1-3H3,(H,30,37)/t21-/m0/s1. The normalized spacial score (nSPS) is 11.6. The van der Waals surface area contributed by atoms with E-state index in [4.69, 9.17) is 5.26 Å². The molecule has 38 heavy (non-hydrogen) atoms. The number of hydrogen-bond acceptors (Lipinski definition) is 8. The van der Waals surface area contributed by atoms with Gasteiger partial charge in [-0.25, -0.2) is 4.98 Å². The fraction of sp³-hybridized carbons (Fsp3) is 0.481. The van der Waals surface area contributed by atoms with Crippen LogP contribution in [0.4, 0.5) is 0 Å². The van der Waals surface area contributed by atoms with Gasteiger partial charge in [0.1, 0.15) is 11.8 Å². The van der Waals surface area contributed by atoms with Gasteiger partial charge in [-0.1, -0.05) is 32.8 Å². The third-order valence-corrected chi connectivity index (χ3v) is 6.55. The first-order valence-electron chi connectivity index (χ1n) is 12.6. The van der Waals surface area contributed by atoms with E-state index in [0.29, 0.717) is 12.3 Å². The number of amides is 1. The van der Waals surface area contributed by atoms with Crippen molar-refractivity contribution in [2.45, 2.75) is 71.4 Å². The summed E-state index contributed by atoms with van der Waals surface area (Å²) in [5, 5.41) is 11.2. The lowest BCUT2D eigenvalue weighted by Gasteiger charge is -2.17. The van der Waals surface area contributed by atoms with Gasteiger partial charge in [0.15, 0.2) is 11.6 Å². The predicted molar refractivity (Wildman–Crippen MR) is 137 cm³/mol. The molecular weight excluding hydrogens is 490 g/mol. The highest BCUT2D eigenvalue weighted by molar-refractivity contribution is 6.43. The summed E-state index contributed by atoms with van der Waals surface area (Å²) in [4.78, 5) is 78.4. The SMILES string of the molecule is CCC(CC)CCC(=O)Cn1cccc(CC(=O)[C@H](CCC(=O)C(=O)C#N)NC(=O)c2cncn2C)c1=O. The first-order chi connectivity index (χ1) is 18.1. The first kappa shape index (κ1) is 30.0. The molecule has 0 aliphatic carbocycles. The van der Waals surface area contributed by atoms with Crippen molar-refractivity contribution >= 4 is 29.0 Å². The third kappa shape index (κ3) is 8.44. The topological polar surface area (TPSA) is 161 Å². The van der Waals surface area contributed by atoms with Crippen LogP contribution in [-0.4, -0.2) is 49.2 Å². The van der Waals surface area contributed by atoms with Crippen LogP contribution < -0.4 is 10.9 Å². The Morgan fingerprint density at radius 1 is 1.11 bits per heavy atom. The van der Waals surface area contributed by atoms with Crippen molar-refractivity contribution in [3.8, 4) is 6.07 Å². The Kier molecular flexibility index (Phi) is 11.5. The van der Waals surface area contributed by atoms with Gasteiger partial charge in [-0.05, 0) is 24.8 Å². The summed E-state index contributed by atoms with van der Waals surface area (Å²) in [5.74, 6) is -3.04. The molecule has 0 saturated carbocycles. The molecule has 0 fully saturated rings. The average molecular weight is 524 g/mol. The number of hydrogen-bond donors (Lipinski definition) is 1. The van der Waals surface area contributed by atoms with Gasteiger partial charge in [0.05, 0.1) is 25.1 Å². The lowest BCUT2D eigenvalue weighted by atomic mass is 9.96. The molecule has 0 radical (unpaired) electrons. The average Bonchev–Trinajstić information content (AvgIpc) is 3.34. The second kappa shape index (κ2) is 14.5. The highest BCUT2D eigenvalue weighted by Gasteiger charge is 2.26. The number of rotatable bonds is 16. The van der Waals surface area contributed by atoms with Crippen LogP contribution in [-0.2, 0) is 39.2 Å². The fourth-order valence-corrected chi connectivity index (χ4v) is 4.06. The number of Topliss-reactive ketones (excluding diaryl/α,β-unsaturated/α-hetero) is 4. The van der Waals surface area contributed by atoms with Gasteiger partial charge in [-0.2, -0.15) is 5.26 Å². The van der Waals surface area contributed by atoms with E-state index < -0.39 is 41.3 Å². The first-order valence-corrected chi connectivity index (χ1v) is 12.6. The van der Waals surface area contributed by atoms with E-state index >= 15 is 0 Å². The Bertz CT molecular complexity index is 1280. The van der Waals surface area contributed by atoms with Gasteiger partial charge in [0.2, 0.25) is 5.78 Å². The maximum Gasteiger partial charge on any atom is 0.297 e. The maximum absolute atomic E-state index is 13.2. The van der Waals surface area contributed by atoms with Crippen molar-refractivity contribution in [2.24, 2.45) is 13.0 Å². The van der Waals surface area contributed by atoms with Gasteiger partial charge < -0.3 is 14.5 Å². The molecule has 2 rings (SSSR count). The Labute approximate surface area is 220 Å². The molecule has 11 heteroatoms. The van der Waals surface area contributed by atoms with E-state index in [9.17, 15) is 28.8 Å². The zero-order chi connectivity index (χ0) is 28.2. The molecule has 1 atom stereocenters. The number of aryl methyl sites for hydroxylation is 1. The van der Waals surface area contributed by atoms with Crippen LogP contribution in [0.5, 0.6) is 0 Å².